The van der Waals surface area contributed by atoms with Crippen LogP contribution in [0.15, 0.2) is 30.5 Å². The van der Waals surface area contributed by atoms with Crippen molar-refractivity contribution in [2.45, 2.75) is 69.1 Å². The maximum Gasteiger partial charge on any atom is 0.303 e. The summed E-state index contributed by atoms with van der Waals surface area (Å²) in [4.78, 5) is 18.5. The number of fused-ring (bicyclic) bond motifs is 1. The van der Waals surface area contributed by atoms with Crippen molar-refractivity contribution in [2.75, 3.05) is 32.5 Å². The number of methoxy groups -OCH3 is 1. The highest BCUT2D eigenvalue weighted by molar-refractivity contribution is 7.99. The molecule has 208 valence electrons. The highest BCUT2D eigenvalue weighted by Crippen LogP contribution is 2.35. The number of aliphatic hydroxyl groups excluding tert-OH is 1. The van der Waals surface area contributed by atoms with Gasteiger partial charge < -0.3 is 19.8 Å². The Bertz CT molecular complexity index is 976. The number of carboxylic acid groups (broad SMARTS) is 1. The minimum absolute atomic E-state index is 0. The van der Waals surface area contributed by atoms with E-state index in [1.54, 1.807) is 13.3 Å². The topological polar surface area (TPSA) is 82.9 Å². The minimum Gasteiger partial charge on any atom is -0.497 e. The van der Waals surface area contributed by atoms with Crippen LogP contribution in [-0.4, -0.2) is 63.8 Å². The summed E-state index contributed by atoms with van der Waals surface area (Å²) in [5.41, 5.74) is 1.70. The van der Waals surface area contributed by atoms with E-state index < -0.39 is 12.1 Å². The Balaban J connectivity index is 0.00000241. The van der Waals surface area contributed by atoms with Crippen molar-refractivity contribution in [3.8, 4) is 5.75 Å². The monoisotopic (exact) mass is 572 g/mol. The summed E-state index contributed by atoms with van der Waals surface area (Å²) < 4.78 is 5.36. The van der Waals surface area contributed by atoms with Crippen molar-refractivity contribution >= 4 is 53.4 Å². The lowest BCUT2D eigenvalue weighted by Crippen LogP contribution is -2.42. The van der Waals surface area contributed by atoms with Gasteiger partial charge in [-0.25, -0.2) is 0 Å². The fourth-order valence-electron chi connectivity index (χ4n) is 5.87. The van der Waals surface area contributed by atoms with Gasteiger partial charge in [0.05, 0.1) is 18.7 Å². The van der Waals surface area contributed by atoms with Crippen molar-refractivity contribution in [1.82, 2.24) is 9.88 Å². The number of hydrogen-bond donors (Lipinski definition) is 2. The van der Waals surface area contributed by atoms with Gasteiger partial charge in [0, 0.05) is 42.1 Å². The van der Waals surface area contributed by atoms with Crippen LogP contribution in [0.5, 0.6) is 5.75 Å². The summed E-state index contributed by atoms with van der Waals surface area (Å²) in [6, 6.07) is 7.60. The molecule has 0 bridgehead atoms. The predicted molar refractivity (Wildman–Crippen MR) is 157 cm³/mol. The van der Waals surface area contributed by atoms with E-state index in [9.17, 15) is 15.0 Å². The molecule has 2 N–H and O–H groups in total. The van der Waals surface area contributed by atoms with Crippen LogP contribution in [0.3, 0.4) is 0 Å². The summed E-state index contributed by atoms with van der Waals surface area (Å²) in [6.07, 6.45) is 10.6. The molecule has 2 heterocycles. The van der Waals surface area contributed by atoms with Gasteiger partial charge in [-0.15, -0.1) is 24.8 Å². The molecule has 4 rings (SSSR count). The SMILES string of the molecule is COc1ccc2nccc([C@H](O)CC[C@@H]3CCN(CCSC4CCCCC4)C[C@@H]3CC(=O)O)c2c1.Cl.Cl. The van der Waals surface area contributed by atoms with Crippen LogP contribution >= 0.6 is 36.6 Å². The summed E-state index contributed by atoms with van der Waals surface area (Å²) in [7, 11) is 1.64. The Morgan fingerprint density at radius 1 is 1.16 bits per heavy atom. The minimum atomic E-state index is -0.716. The van der Waals surface area contributed by atoms with Gasteiger partial charge in [-0.2, -0.15) is 11.8 Å². The van der Waals surface area contributed by atoms with Gasteiger partial charge in [-0.1, -0.05) is 19.3 Å². The molecule has 0 unspecified atom stereocenters. The number of carboxylic acids is 1. The first-order valence-corrected chi connectivity index (χ1v) is 14.2. The van der Waals surface area contributed by atoms with Gasteiger partial charge in [0.1, 0.15) is 5.75 Å². The number of rotatable bonds is 11. The molecule has 2 aliphatic rings. The Morgan fingerprint density at radius 3 is 2.68 bits per heavy atom. The van der Waals surface area contributed by atoms with Gasteiger partial charge in [-0.3, -0.25) is 9.78 Å². The maximum absolute atomic E-state index is 11.6. The highest BCUT2D eigenvalue weighted by atomic mass is 35.5. The lowest BCUT2D eigenvalue weighted by Gasteiger charge is -2.38. The lowest BCUT2D eigenvalue weighted by molar-refractivity contribution is -0.139. The standard InChI is InChI=1S/C28H40N2O4S.2ClH/c1-34-22-8-9-26-25(18-22)24(11-13-29-26)27(31)10-7-20-12-14-30(19-21(20)17-28(32)33)15-16-35-23-5-3-2-4-6-23;;/h8-9,11,13,18,20-21,23,27,31H,2-7,10,12,14-17,19H2,1H3,(H,32,33);2*1H/t20-,21+,27-;;/m1../s1. The molecule has 1 aliphatic carbocycles. The molecule has 2 aromatic rings. The average molecular weight is 574 g/mol. The second-order valence-electron chi connectivity index (χ2n) is 10.2. The first kappa shape index (κ1) is 32.0. The van der Waals surface area contributed by atoms with Gasteiger partial charge in [0.25, 0.3) is 0 Å². The van der Waals surface area contributed by atoms with Crippen LogP contribution < -0.4 is 4.74 Å². The number of aliphatic carboxylic acids is 1. The zero-order valence-electron chi connectivity index (χ0n) is 21.7. The van der Waals surface area contributed by atoms with Crippen LogP contribution in [0.1, 0.15) is 69.5 Å². The fourth-order valence-corrected chi connectivity index (χ4v) is 7.23. The molecule has 9 heteroatoms. The Kier molecular flexibility index (Phi) is 13.8. The molecule has 0 radical (unpaired) electrons. The molecule has 2 fully saturated rings. The van der Waals surface area contributed by atoms with Crippen LogP contribution in [0, 0.1) is 11.8 Å². The smallest absolute Gasteiger partial charge is 0.303 e. The number of aromatic nitrogens is 1. The molecule has 3 atom stereocenters. The lowest BCUT2D eigenvalue weighted by atomic mass is 9.79. The van der Waals surface area contributed by atoms with Gasteiger partial charge in [0.15, 0.2) is 0 Å². The van der Waals surface area contributed by atoms with E-state index in [0.717, 1.165) is 65.7 Å². The summed E-state index contributed by atoms with van der Waals surface area (Å²) in [6.45, 7) is 2.93. The Labute approximate surface area is 237 Å². The zero-order chi connectivity index (χ0) is 24.6. The molecule has 6 nitrogen and oxygen atoms in total. The van der Waals surface area contributed by atoms with Crippen LogP contribution in [0.4, 0.5) is 0 Å². The number of ether oxygens (including phenoxy) is 1. The summed E-state index contributed by atoms with van der Waals surface area (Å²) >= 11 is 2.12. The fraction of sp³-hybridized carbons (Fsp3) is 0.643. The molecule has 1 saturated carbocycles. The molecule has 0 spiro atoms. The molecule has 1 aliphatic heterocycles. The van der Waals surface area contributed by atoms with Gasteiger partial charge >= 0.3 is 5.97 Å². The third kappa shape index (κ3) is 9.17. The van der Waals surface area contributed by atoms with Crippen LogP contribution in [0.2, 0.25) is 0 Å². The number of thioether (sulfide) groups is 1. The van der Waals surface area contributed by atoms with Crippen molar-refractivity contribution in [2.24, 2.45) is 11.8 Å². The van der Waals surface area contributed by atoms with Crippen molar-refractivity contribution in [3.05, 3.63) is 36.0 Å². The number of likely N-dealkylation sites (tertiary alicyclic amines) is 1. The number of piperidine rings is 1. The van der Waals surface area contributed by atoms with E-state index in [0.29, 0.717) is 12.3 Å². The van der Waals surface area contributed by atoms with E-state index in [2.05, 4.69) is 21.6 Å². The molecule has 1 saturated heterocycles. The Morgan fingerprint density at radius 2 is 1.95 bits per heavy atom. The number of benzene rings is 1. The normalized spacial score (nSPS) is 21.6. The number of halogens is 2. The molecular weight excluding hydrogens is 531 g/mol. The number of nitrogens with zero attached hydrogens (tertiary/aromatic N) is 2. The molecule has 1 aromatic carbocycles. The average Bonchev–Trinajstić information content (AvgIpc) is 2.87. The summed E-state index contributed by atoms with van der Waals surface area (Å²) in [5.74, 6) is 1.64. The number of carbonyl (C=O) groups is 1. The predicted octanol–water partition coefficient (Wildman–Crippen LogP) is 6.38. The third-order valence-electron chi connectivity index (χ3n) is 7.88. The zero-order valence-corrected chi connectivity index (χ0v) is 24.2. The number of pyridine rings is 1. The molecular formula is C28H42Cl2N2O4S. The first-order valence-electron chi connectivity index (χ1n) is 13.2. The van der Waals surface area contributed by atoms with E-state index in [-0.39, 0.29) is 37.2 Å². The van der Waals surface area contributed by atoms with Crippen molar-refractivity contribution < 1.29 is 19.7 Å². The van der Waals surface area contributed by atoms with E-state index in [4.69, 9.17) is 4.74 Å². The molecule has 0 amide bonds. The van der Waals surface area contributed by atoms with Crippen LogP contribution in [0.25, 0.3) is 10.9 Å². The quantitative estimate of drug-likeness (QED) is 0.323. The van der Waals surface area contributed by atoms with Gasteiger partial charge in [0.2, 0.25) is 0 Å². The molecule has 1 aromatic heterocycles. The number of aliphatic hydroxyl groups is 1. The second-order valence-corrected chi connectivity index (χ2v) is 11.6. The molecule has 37 heavy (non-hydrogen) atoms. The third-order valence-corrected chi connectivity index (χ3v) is 9.24. The maximum atomic E-state index is 11.6. The van der Waals surface area contributed by atoms with E-state index in [1.807, 2.05) is 24.3 Å². The highest BCUT2D eigenvalue weighted by Gasteiger charge is 2.31. The second kappa shape index (κ2) is 16.0. The Hall–Kier alpha value is -1.25. The summed E-state index contributed by atoms with van der Waals surface area (Å²) in [5, 5.41) is 22.4. The van der Waals surface area contributed by atoms with Crippen LogP contribution in [-0.2, 0) is 4.79 Å². The first-order chi connectivity index (χ1) is 17.0. The van der Waals surface area contributed by atoms with Gasteiger partial charge in [-0.05, 0) is 80.3 Å². The number of hydrogen-bond acceptors (Lipinski definition) is 6. The van der Waals surface area contributed by atoms with E-state index >= 15 is 0 Å². The largest absolute Gasteiger partial charge is 0.497 e. The van der Waals surface area contributed by atoms with E-state index in [1.165, 1.54) is 32.1 Å². The van der Waals surface area contributed by atoms with Crippen molar-refractivity contribution in [1.29, 1.82) is 0 Å². The van der Waals surface area contributed by atoms with Crippen molar-refractivity contribution in [3.63, 3.8) is 0 Å².